The molecule has 1 N–H and O–H groups in total. The van der Waals surface area contributed by atoms with E-state index in [1.54, 1.807) is 24.3 Å². The lowest BCUT2D eigenvalue weighted by Crippen LogP contribution is -2.01. The van der Waals surface area contributed by atoms with Gasteiger partial charge in [0, 0.05) is 6.08 Å². The molecule has 0 atom stereocenters. The van der Waals surface area contributed by atoms with Crippen LogP contribution in [0.2, 0.25) is 0 Å². The van der Waals surface area contributed by atoms with Crippen LogP contribution in [0.4, 0.5) is 0 Å². The molecule has 0 spiro atoms. The van der Waals surface area contributed by atoms with Crippen LogP contribution in [0.3, 0.4) is 0 Å². The van der Waals surface area contributed by atoms with E-state index in [0.29, 0.717) is 13.2 Å². The molecule has 1 aromatic carbocycles. The van der Waals surface area contributed by atoms with E-state index in [9.17, 15) is 9.59 Å². The highest BCUT2D eigenvalue weighted by Gasteiger charge is 2.02. The summed E-state index contributed by atoms with van der Waals surface area (Å²) in [7, 11) is 0. The normalized spacial score (nSPS) is 10.4. The molecule has 0 aliphatic carbocycles. The first kappa shape index (κ1) is 23.1. The first-order chi connectivity index (χ1) is 13.1. The number of carbonyl (C=O) groups excluding carboxylic acids is 1. The third-order valence-corrected chi connectivity index (χ3v) is 5.05. The van der Waals surface area contributed by atoms with Crippen molar-refractivity contribution < 1.29 is 24.2 Å². The predicted octanol–water partition coefficient (Wildman–Crippen LogP) is 4.96. The Hall–Kier alpha value is -1.95. The summed E-state index contributed by atoms with van der Waals surface area (Å²) in [5, 5.41) is 8.84. The third kappa shape index (κ3) is 12.1. The maximum Gasteiger partial charge on any atom is 0.335 e. The number of benzene rings is 1. The molecule has 0 aromatic heterocycles. The number of unbranched alkanes of at least 4 members (excludes halogenated alkanes) is 5. The summed E-state index contributed by atoms with van der Waals surface area (Å²) in [5.74, 6) is 1.79. The van der Waals surface area contributed by atoms with Gasteiger partial charge in [0.1, 0.15) is 5.75 Å². The molecule has 0 fully saturated rings. The van der Waals surface area contributed by atoms with Gasteiger partial charge in [0.15, 0.2) is 0 Å². The van der Waals surface area contributed by atoms with E-state index in [1.807, 2.05) is 11.8 Å². The van der Waals surface area contributed by atoms with E-state index in [4.69, 9.17) is 14.6 Å². The summed E-state index contributed by atoms with van der Waals surface area (Å²) in [4.78, 5) is 21.6. The Kier molecular flexibility index (Phi) is 12.9. The molecule has 0 radical (unpaired) electrons. The van der Waals surface area contributed by atoms with Crippen LogP contribution in [-0.4, -0.2) is 41.8 Å². The number of rotatable bonds is 16. The summed E-state index contributed by atoms with van der Waals surface area (Å²) in [6.07, 6.45) is 8.92. The average molecular weight is 395 g/mol. The van der Waals surface area contributed by atoms with Crippen LogP contribution in [0.25, 0.3) is 0 Å². The number of carboxylic acid groups (broad SMARTS) is 1. The first-order valence-corrected chi connectivity index (χ1v) is 10.6. The molecule has 0 amide bonds. The Morgan fingerprint density at radius 3 is 2.15 bits per heavy atom. The number of thioether (sulfide) groups is 1. The second-order valence-electron chi connectivity index (χ2n) is 6.14. The Labute approximate surface area is 166 Å². The second-order valence-corrected chi connectivity index (χ2v) is 7.36. The van der Waals surface area contributed by atoms with Crippen molar-refractivity contribution in [3.8, 4) is 5.75 Å². The Bertz CT molecular complexity index is 556. The van der Waals surface area contributed by atoms with E-state index in [1.165, 1.54) is 24.7 Å². The standard InChI is InChI=1S/C21H30O5S/c1-2-20(22)26-15-7-5-9-17-27-16-8-4-3-6-14-25-19-12-10-18(11-13-19)21(23)24/h2,10-13H,1,3-9,14-17H2,(H,23,24). The van der Waals surface area contributed by atoms with Gasteiger partial charge in [-0.3, -0.25) is 0 Å². The second kappa shape index (κ2) is 15.1. The van der Waals surface area contributed by atoms with Gasteiger partial charge in [0.25, 0.3) is 0 Å². The lowest BCUT2D eigenvalue weighted by atomic mass is 10.2. The first-order valence-electron chi connectivity index (χ1n) is 9.46. The van der Waals surface area contributed by atoms with Gasteiger partial charge in [0.05, 0.1) is 18.8 Å². The molecule has 5 nitrogen and oxygen atoms in total. The predicted molar refractivity (Wildman–Crippen MR) is 110 cm³/mol. The molecular formula is C21H30O5S. The number of hydrogen-bond acceptors (Lipinski definition) is 5. The molecular weight excluding hydrogens is 364 g/mol. The zero-order chi connectivity index (χ0) is 19.7. The molecule has 0 aliphatic rings. The highest BCUT2D eigenvalue weighted by atomic mass is 32.2. The average Bonchev–Trinajstić information content (AvgIpc) is 2.68. The molecule has 0 saturated heterocycles. The van der Waals surface area contributed by atoms with Crippen molar-refractivity contribution in [2.75, 3.05) is 24.7 Å². The summed E-state index contributed by atoms with van der Waals surface area (Å²) >= 11 is 1.98. The van der Waals surface area contributed by atoms with Gasteiger partial charge < -0.3 is 14.6 Å². The van der Waals surface area contributed by atoms with Crippen molar-refractivity contribution in [1.82, 2.24) is 0 Å². The largest absolute Gasteiger partial charge is 0.494 e. The van der Waals surface area contributed by atoms with Gasteiger partial charge in [-0.25, -0.2) is 9.59 Å². The Morgan fingerprint density at radius 1 is 0.926 bits per heavy atom. The summed E-state index contributed by atoms with van der Waals surface area (Å²) in [5.41, 5.74) is 0.274. The molecule has 0 heterocycles. The third-order valence-electron chi connectivity index (χ3n) is 3.90. The van der Waals surface area contributed by atoms with Crippen LogP contribution in [0.5, 0.6) is 5.75 Å². The van der Waals surface area contributed by atoms with Crippen molar-refractivity contribution in [2.45, 2.75) is 44.9 Å². The van der Waals surface area contributed by atoms with E-state index in [2.05, 4.69) is 6.58 Å². The lowest BCUT2D eigenvalue weighted by Gasteiger charge is -2.06. The van der Waals surface area contributed by atoms with Crippen LogP contribution in [0, 0.1) is 0 Å². The monoisotopic (exact) mass is 394 g/mol. The number of hydrogen-bond donors (Lipinski definition) is 1. The number of carboxylic acids is 1. The van der Waals surface area contributed by atoms with E-state index in [0.717, 1.165) is 43.6 Å². The summed E-state index contributed by atoms with van der Waals surface area (Å²) < 4.78 is 10.5. The minimum atomic E-state index is -0.923. The minimum absolute atomic E-state index is 0.274. The topological polar surface area (TPSA) is 72.8 Å². The number of ether oxygens (including phenoxy) is 2. The molecule has 0 unspecified atom stereocenters. The van der Waals surface area contributed by atoms with Crippen molar-refractivity contribution in [2.24, 2.45) is 0 Å². The molecule has 0 aliphatic heterocycles. The van der Waals surface area contributed by atoms with Crippen molar-refractivity contribution >= 4 is 23.7 Å². The maximum atomic E-state index is 10.8. The zero-order valence-electron chi connectivity index (χ0n) is 15.9. The van der Waals surface area contributed by atoms with Gasteiger partial charge in [-0.15, -0.1) is 0 Å². The van der Waals surface area contributed by atoms with Gasteiger partial charge in [0.2, 0.25) is 0 Å². The van der Waals surface area contributed by atoms with Gasteiger partial charge >= 0.3 is 11.9 Å². The molecule has 1 aromatic rings. The highest BCUT2D eigenvalue weighted by Crippen LogP contribution is 2.14. The van der Waals surface area contributed by atoms with Crippen LogP contribution in [0.1, 0.15) is 55.3 Å². The van der Waals surface area contributed by atoms with Crippen LogP contribution >= 0.6 is 11.8 Å². The fourth-order valence-corrected chi connectivity index (χ4v) is 3.38. The Balaban J connectivity index is 1.84. The fraction of sp³-hybridized carbons (Fsp3) is 0.524. The van der Waals surface area contributed by atoms with Crippen LogP contribution < -0.4 is 4.74 Å². The molecule has 1 rings (SSSR count). The quantitative estimate of drug-likeness (QED) is 0.243. The SMILES string of the molecule is C=CC(=O)OCCCCCSCCCCCCOc1ccc(C(=O)O)cc1. The van der Waals surface area contributed by atoms with E-state index >= 15 is 0 Å². The summed E-state index contributed by atoms with van der Waals surface area (Å²) in [6, 6.07) is 6.51. The number of esters is 1. The lowest BCUT2D eigenvalue weighted by molar-refractivity contribution is -0.137. The van der Waals surface area contributed by atoms with Gasteiger partial charge in [-0.2, -0.15) is 11.8 Å². The van der Waals surface area contributed by atoms with Crippen LogP contribution in [-0.2, 0) is 9.53 Å². The number of aromatic carboxylic acids is 1. The highest BCUT2D eigenvalue weighted by molar-refractivity contribution is 7.99. The van der Waals surface area contributed by atoms with Crippen molar-refractivity contribution in [3.05, 3.63) is 42.5 Å². The van der Waals surface area contributed by atoms with Crippen LogP contribution in [0.15, 0.2) is 36.9 Å². The van der Waals surface area contributed by atoms with E-state index < -0.39 is 5.97 Å². The molecule has 150 valence electrons. The minimum Gasteiger partial charge on any atom is -0.494 e. The van der Waals surface area contributed by atoms with E-state index in [-0.39, 0.29) is 11.5 Å². The van der Waals surface area contributed by atoms with Crippen molar-refractivity contribution in [1.29, 1.82) is 0 Å². The maximum absolute atomic E-state index is 10.8. The molecule has 6 heteroatoms. The van der Waals surface area contributed by atoms with Crippen molar-refractivity contribution in [3.63, 3.8) is 0 Å². The molecule has 27 heavy (non-hydrogen) atoms. The number of carbonyl (C=O) groups is 2. The smallest absolute Gasteiger partial charge is 0.335 e. The molecule has 0 saturated carbocycles. The molecule has 0 bridgehead atoms. The fourth-order valence-electron chi connectivity index (χ4n) is 2.36. The zero-order valence-corrected chi connectivity index (χ0v) is 16.7. The van der Waals surface area contributed by atoms with Gasteiger partial charge in [-0.05, 0) is 67.9 Å². The summed E-state index contributed by atoms with van der Waals surface area (Å²) in [6.45, 7) is 4.51. The van der Waals surface area contributed by atoms with Gasteiger partial charge in [-0.1, -0.05) is 19.4 Å². The Morgan fingerprint density at radius 2 is 1.52 bits per heavy atom.